The molecule has 90 valence electrons. The van der Waals surface area contributed by atoms with Crippen molar-refractivity contribution >= 4 is 0 Å². The highest BCUT2D eigenvalue weighted by Crippen LogP contribution is 2.06. The lowest BCUT2D eigenvalue weighted by molar-refractivity contribution is 0.0590. The summed E-state index contributed by atoms with van der Waals surface area (Å²) in [6, 6.07) is 0.288. The van der Waals surface area contributed by atoms with E-state index in [1.807, 2.05) is 19.9 Å². The maximum atomic E-state index is 5.51. The lowest BCUT2D eigenvalue weighted by Crippen LogP contribution is -2.39. The number of unbranched alkanes of at least 4 members (excludes halogenated alkanes) is 3. The molecule has 0 fully saturated rings. The second-order valence-electron chi connectivity index (χ2n) is 4.17. The molecule has 3 nitrogen and oxygen atoms in total. The van der Waals surface area contributed by atoms with Gasteiger partial charge in [-0.05, 0) is 33.1 Å². The van der Waals surface area contributed by atoms with Gasteiger partial charge in [-0.15, -0.1) is 6.58 Å². The van der Waals surface area contributed by atoms with Crippen LogP contribution in [0, 0.1) is 0 Å². The fourth-order valence-corrected chi connectivity index (χ4v) is 1.38. The Kier molecular flexibility index (Phi) is 9.89. The van der Waals surface area contributed by atoms with Crippen molar-refractivity contribution in [3.05, 3.63) is 12.7 Å². The fraction of sp³-hybridized carbons (Fsp3) is 0.833. The average molecular weight is 214 g/mol. The number of hydrazine groups is 1. The van der Waals surface area contributed by atoms with Crippen LogP contribution in [0.5, 0.6) is 0 Å². The molecular formula is C12H26N2O. The van der Waals surface area contributed by atoms with Gasteiger partial charge < -0.3 is 4.74 Å². The van der Waals surface area contributed by atoms with Crippen molar-refractivity contribution < 1.29 is 4.74 Å². The molecule has 0 radical (unpaired) electrons. The first-order valence-corrected chi connectivity index (χ1v) is 5.89. The van der Waals surface area contributed by atoms with E-state index < -0.39 is 0 Å². The molecule has 15 heavy (non-hydrogen) atoms. The summed E-state index contributed by atoms with van der Waals surface area (Å²) in [6.45, 7) is 8.49. The van der Waals surface area contributed by atoms with Gasteiger partial charge >= 0.3 is 0 Å². The highest BCUT2D eigenvalue weighted by molar-refractivity contribution is 4.67. The standard InChI is InChI=1S/C12H26N2O/c1-4-5-6-7-8-9-12(14-13)10-15-11(2)3/h4,11-12,14H,1,5-10,13H2,2-3H3. The number of nitrogens with two attached hydrogens (primary N) is 1. The van der Waals surface area contributed by atoms with Crippen molar-refractivity contribution in [1.29, 1.82) is 0 Å². The fourth-order valence-electron chi connectivity index (χ4n) is 1.38. The maximum absolute atomic E-state index is 5.51. The van der Waals surface area contributed by atoms with Gasteiger partial charge in [-0.1, -0.05) is 18.9 Å². The van der Waals surface area contributed by atoms with Crippen molar-refractivity contribution in [2.45, 2.75) is 58.1 Å². The molecule has 0 aliphatic rings. The van der Waals surface area contributed by atoms with Crippen LogP contribution in [0.15, 0.2) is 12.7 Å². The van der Waals surface area contributed by atoms with Crippen molar-refractivity contribution in [2.75, 3.05) is 6.61 Å². The second kappa shape index (κ2) is 10.1. The SMILES string of the molecule is C=CCCCCCC(COC(C)C)NN. The minimum absolute atomic E-state index is 0.279. The van der Waals surface area contributed by atoms with E-state index in [1.165, 1.54) is 19.3 Å². The van der Waals surface area contributed by atoms with Crippen molar-refractivity contribution in [3.8, 4) is 0 Å². The summed E-state index contributed by atoms with van der Waals surface area (Å²) in [5.74, 6) is 5.45. The third-order valence-corrected chi connectivity index (χ3v) is 2.33. The number of ether oxygens (including phenoxy) is 1. The van der Waals surface area contributed by atoms with Gasteiger partial charge in [-0.2, -0.15) is 0 Å². The number of hydrogen-bond donors (Lipinski definition) is 2. The van der Waals surface area contributed by atoms with Crippen LogP contribution >= 0.6 is 0 Å². The molecule has 0 aromatic heterocycles. The zero-order valence-electron chi connectivity index (χ0n) is 10.2. The Balaban J connectivity index is 3.39. The number of hydrogen-bond acceptors (Lipinski definition) is 3. The smallest absolute Gasteiger partial charge is 0.0636 e. The summed E-state index contributed by atoms with van der Waals surface area (Å²) in [7, 11) is 0. The summed E-state index contributed by atoms with van der Waals surface area (Å²) in [6.07, 6.45) is 8.12. The summed E-state index contributed by atoms with van der Waals surface area (Å²) < 4.78 is 5.51. The molecule has 0 saturated heterocycles. The largest absolute Gasteiger partial charge is 0.377 e. The molecular weight excluding hydrogens is 188 g/mol. The molecule has 0 amide bonds. The van der Waals surface area contributed by atoms with E-state index in [1.54, 1.807) is 0 Å². The van der Waals surface area contributed by atoms with Crippen LogP contribution in [-0.4, -0.2) is 18.8 Å². The average Bonchev–Trinajstić information content (AvgIpc) is 2.22. The zero-order chi connectivity index (χ0) is 11.5. The highest BCUT2D eigenvalue weighted by atomic mass is 16.5. The molecule has 0 spiro atoms. The third kappa shape index (κ3) is 9.91. The predicted molar refractivity (Wildman–Crippen MR) is 65.5 cm³/mol. The quantitative estimate of drug-likeness (QED) is 0.254. The molecule has 1 unspecified atom stereocenters. The summed E-state index contributed by atoms with van der Waals surface area (Å²) in [4.78, 5) is 0. The lowest BCUT2D eigenvalue weighted by atomic mass is 10.1. The molecule has 0 saturated carbocycles. The Morgan fingerprint density at radius 1 is 1.33 bits per heavy atom. The zero-order valence-corrected chi connectivity index (χ0v) is 10.2. The Hall–Kier alpha value is -0.380. The topological polar surface area (TPSA) is 47.3 Å². The van der Waals surface area contributed by atoms with E-state index in [4.69, 9.17) is 10.6 Å². The molecule has 1 atom stereocenters. The number of allylic oxidation sites excluding steroid dienone is 1. The molecule has 3 N–H and O–H groups in total. The second-order valence-corrected chi connectivity index (χ2v) is 4.17. The van der Waals surface area contributed by atoms with Gasteiger partial charge in [-0.3, -0.25) is 11.3 Å². The van der Waals surface area contributed by atoms with E-state index in [9.17, 15) is 0 Å². The molecule has 0 aromatic rings. The van der Waals surface area contributed by atoms with E-state index in [2.05, 4.69) is 12.0 Å². The molecule has 0 aliphatic carbocycles. The molecule has 3 heteroatoms. The third-order valence-electron chi connectivity index (χ3n) is 2.33. The maximum Gasteiger partial charge on any atom is 0.0636 e. The predicted octanol–water partition coefficient (Wildman–Crippen LogP) is 2.38. The molecule has 0 bridgehead atoms. The van der Waals surface area contributed by atoms with Crippen molar-refractivity contribution in [2.24, 2.45) is 5.84 Å². The van der Waals surface area contributed by atoms with E-state index in [0.717, 1.165) is 12.8 Å². The van der Waals surface area contributed by atoms with Crippen molar-refractivity contribution in [1.82, 2.24) is 5.43 Å². The first-order chi connectivity index (χ1) is 7.20. The lowest BCUT2D eigenvalue weighted by Gasteiger charge is -2.17. The van der Waals surface area contributed by atoms with Crippen molar-refractivity contribution in [3.63, 3.8) is 0 Å². The summed E-state index contributed by atoms with van der Waals surface area (Å²) in [5.41, 5.74) is 2.80. The van der Waals surface area contributed by atoms with Gasteiger partial charge in [0.25, 0.3) is 0 Å². The molecule has 0 heterocycles. The normalized spacial score (nSPS) is 13.1. The van der Waals surface area contributed by atoms with Gasteiger partial charge in [0.1, 0.15) is 0 Å². The van der Waals surface area contributed by atoms with Gasteiger partial charge in [0, 0.05) is 6.04 Å². The molecule has 0 aromatic carbocycles. The van der Waals surface area contributed by atoms with Crippen LogP contribution in [0.25, 0.3) is 0 Å². The van der Waals surface area contributed by atoms with Crippen LogP contribution in [-0.2, 0) is 4.74 Å². The first kappa shape index (κ1) is 14.6. The van der Waals surface area contributed by atoms with Gasteiger partial charge in [0.2, 0.25) is 0 Å². The van der Waals surface area contributed by atoms with Crippen LogP contribution in [0.3, 0.4) is 0 Å². The van der Waals surface area contributed by atoms with Crippen LogP contribution in [0.1, 0.15) is 46.0 Å². The van der Waals surface area contributed by atoms with Gasteiger partial charge in [-0.25, -0.2) is 0 Å². The Bertz CT molecular complexity index is 149. The minimum atomic E-state index is 0.279. The van der Waals surface area contributed by atoms with Crippen LogP contribution < -0.4 is 11.3 Å². The highest BCUT2D eigenvalue weighted by Gasteiger charge is 2.06. The molecule has 0 aliphatic heterocycles. The minimum Gasteiger partial charge on any atom is -0.377 e. The van der Waals surface area contributed by atoms with Gasteiger partial charge in [0.05, 0.1) is 12.7 Å². The summed E-state index contributed by atoms with van der Waals surface area (Å²) >= 11 is 0. The van der Waals surface area contributed by atoms with E-state index in [-0.39, 0.29) is 12.1 Å². The van der Waals surface area contributed by atoms with E-state index in [0.29, 0.717) is 6.61 Å². The Morgan fingerprint density at radius 3 is 2.60 bits per heavy atom. The Labute approximate surface area is 94.0 Å². The summed E-state index contributed by atoms with van der Waals surface area (Å²) in [5, 5.41) is 0. The molecule has 0 rings (SSSR count). The van der Waals surface area contributed by atoms with Crippen LogP contribution in [0.4, 0.5) is 0 Å². The first-order valence-electron chi connectivity index (χ1n) is 5.89. The van der Waals surface area contributed by atoms with Crippen LogP contribution in [0.2, 0.25) is 0 Å². The number of rotatable bonds is 10. The Morgan fingerprint density at radius 2 is 2.07 bits per heavy atom. The van der Waals surface area contributed by atoms with E-state index >= 15 is 0 Å². The van der Waals surface area contributed by atoms with Gasteiger partial charge in [0.15, 0.2) is 0 Å². The number of nitrogens with one attached hydrogen (secondary N) is 1. The monoisotopic (exact) mass is 214 g/mol.